The van der Waals surface area contributed by atoms with E-state index < -0.39 is 24.1 Å². The minimum absolute atomic E-state index is 0.0213. The quantitative estimate of drug-likeness (QED) is 0.847. The Labute approximate surface area is 104 Å². The van der Waals surface area contributed by atoms with Crippen molar-refractivity contribution in [3.05, 3.63) is 11.9 Å². The van der Waals surface area contributed by atoms with Crippen LogP contribution in [0.2, 0.25) is 0 Å². The van der Waals surface area contributed by atoms with E-state index >= 15 is 0 Å². The molecule has 0 unspecified atom stereocenters. The summed E-state index contributed by atoms with van der Waals surface area (Å²) < 4.78 is 26.9. The molecule has 1 heterocycles. The lowest BCUT2D eigenvalue weighted by molar-refractivity contribution is -0.117. The van der Waals surface area contributed by atoms with Crippen LogP contribution >= 0.6 is 0 Å². The number of carbonyl (C=O) groups excluding carboxylic acids is 1. The Morgan fingerprint density at radius 2 is 2.11 bits per heavy atom. The Kier molecular flexibility index (Phi) is 4.77. The molecule has 1 aromatic heterocycles. The first-order chi connectivity index (χ1) is 8.31. The molecule has 3 N–H and O–H groups in total. The zero-order chi connectivity index (χ0) is 13.9. The second-order valence-corrected chi connectivity index (χ2v) is 4.62. The number of anilines is 1. The van der Waals surface area contributed by atoms with Gasteiger partial charge in [-0.2, -0.15) is 5.10 Å². The van der Waals surface area contributed by atoms with E-state index in [0.717, 1.165) is 0 Å². The highest BCUT2D eigenvalue weighted by Crippen LogP contribution is 2.25. The molecule has 1 atom stereocenters. The summed E-state index contributed by atoms with van der Waals surface area (Å²) in [5.41, 5.74) is 4.97. The summed E-state index contributed by atoms with van der Waals surface area (Å²) in [6.45, 7) is 5.89. The number of amides is 1. The Morgan fingerprint density at radius 1 is 1.50 bits per heavy atom. The first-order valence-corrected chi connectivity index (χ1v) is 5.73. The molecule has 0 spiro atoms. The van der Waals surface area contributed by atoms with Crippen molar-refractivity contribution in [3.8, 4) is 0 Å². The van der Waals surface area contributed by atoms with Crippen molar-refractivity contribution in [2.45, 2.75) is 39.8 Å². The molecule has 1 aromatic rings. The fraction of sp³-hybridized carbons (Fsp3) is 0.636. The predicted molar refractivity (Wildman–Crippen MR) is 64.3 cm³/mol. The molecule has 7 heteroatoms. The van der Waals surface area contributed by atoms with Crippen LogP contribution < -0.4 is 11.1 Å². The summed E-state index contributed by atoms with van der Waals surface area (Å²) in [5.74, 6) is -0.242. The number of nitrogens with one attached hydrogen (secondary N) is 1. The van der Waals surface area contributed by atoms with Crippen molar-refractivity contribution in [1.29, 1.82) is 0 Å². The maximum atomic E-state index is 12.8. The van der Waals surface area contributed by atoms with E-state index in [1.807, 2.05) is 13.8 Å². The second kappa shape index (κ2) is 5.90. The van der Waals surface area contributed by atoms with Gasteiger partial charge in [0.2, 0.25) is 5.91 Å². The molecule has 18 heavy (non-hydrogen) atoms. The normalized spacial score (nSPS) is 13.1. The van der Waals surface area contributed by atoms with Crippen LogP contribution in [0.3, 0.4) is 0 Å². The van der Waals surface area contributed by atoms with Gasteiger partial charge in [0, 0.05) is 12.7 Å². The van der Waals surface area contributed by atoms with Gasteiger partial charge >= 0.3 is 0 Å². The number of aromatic nitrogens is 2. The smallest absolute Gasteiger partial charge is 0.284 e. The van der Waals surface area contributed by atoms with E-state index in [1.54, 1.807) is 0 Å². The van der Waals surface area contributed by atoms with Gasteiger partial charge in [0.05, 0.1) is 11.7 Å². The van der Waals surface area contributed by atoms with Crippen LogP contribution in [0.25, 0.3) is 0 Å². The molecule has 0 aromatic carbocycles. The summed E-state index contributed by atoms with van der Waals surface area (Å²) >= 11 is 0. The summed E-state index contributed by atoms with van der Waals surface area (Å²) in [7, 11) is 0. The molecule has 0 aliphatic rings. The summed E-state index contributed by atoms with van der Waals surface area (Å²) in [6.07, 6.45) is -1.33. The van der Waals surface area contributed by atoms with Gasteiger partial charge in [0.25, 0.3) is 6.43 Å². The fourth-order valence-corrected chi connectivity index (χ4v) is 1.41. The summed E-state index contributed by atoms with van der Waals surface area (Å²) in [5, 5.41) is 6.13. The van der Waals surface area contributed by atoms with E-state index in [0.29, 0.717) is 6.54 Å². The number of hydrogen-bond donors (Lipinski definition) is 2. The van der Waals surface area contributed by atoms with Crippen LogP contribution in [-0.4, -0.2) is 21.7 Å². The molecule has 102 valence electrons. The zero-order valence-electron chi connectivity index (χ0n) is 10.7. The van der Waals surface area contributed by atoms with Crippen molar-refractivity contribution in [1.82, 2.24) is 9.78 Å². The minimum atomic E-state index is -2.73. The average Bonchev–Trinajstić information content (AvgIpc) is 2.59. The number of alkyl halides is 2. The Morgan fingerprint density at radius 3 is 2.56 bits per heavy atom. The topological polar surface area (TPSA) is 72.9 Å². The van der Waals surface area contributed by atoms with Gasteiger partial charge in [-0.25, -0.2) is 8.78 Å². The van der Waals surface area contributed by atoms with Crippen LogP contribution in [0.5, 0.6) is 0 Å². The Balaban J connectivity index is 2.94. The van der Waals surface area contributed by atoms with Gasteiger partial charge in [0.15, 0.2) is 5.69 Å². The van der Waals surface area contributed by atoms with Crippen molar-refractivity contribution < 1.29 is 13.6 Å². The molecule has 0 radical (unpaired) electrons. The molecule has 0 saturated carbocycles. The number of nitrogens with two attached hydrogens (primary N) is 1. The third-order valence-electron chi connectivity index (χ3n) is 2.22. The maximum absolute atomic E-state index is 12.8. The van der Waals surface area contributed by atoms with E-state index in [9.17, 15) is 13.6 Å². The number of halogens is 2. The summed E-state index contributed by atoms with van der Waals surface area (Å²) in [6, 6.07) is -0.760. The highest BCUT2D eigenvalue weighted by Gasteiger charge is 2.21. The molecule has 5 nitrogen and oxygen atoms in total. The van der Waals surface area contributed by atoms with Gasteiger partial charge in [0.1, 0.15) is 0 Å². The van der Waals surface area contributed by atoms with Crippen LogP contribution in [-0.2, 0) is 11.3 Å². The molecular formula is C11H18F2N4O. The van der Waals surface area contributed by atoms with E-state index in [1.165, 1.54) is 17.8 Å². The first kappa shape index (κ1) is 14.6. The molecule has 0 fully saturated rings. The lowest BCUT2D eigenvalue weighted by Gasteiger charge is -2.06. The zero-order valence-corrected chi connectivity index (χ0v) is 10.7. The molecule has 0 aliphatic heterocycles. The summed E-state index contributed by atoms with van der Waals surface area (Å²) in [4.78, 5) is 11.4. The lowest BCUT2D eigenvalue weighted by atomic mass is 10.2. The Bertz CT molecular complexity index is 415. The van der Waals surface area contributed by atoms with Gasteiger partial charge in [-0.3, -0.25) is 9.48 Å². The van der Waals surface area contributed by atoms with Crippen molar-refractivity contribution in [2.24, 2.45) is 11.7 Å². The second-order valence-electron chi connectivity index (χ2n) is 4.62. The number of nitrogens with zero attached hydrogens (tertiary/aromatic N) is 2. The predicted octanol–water partition coefficient (Wildman–Crippen LogP) is 1.76. The molecule has 0 aliphatic carbocycles. The van der Waals surface area contributed by atoms with Crippen LogP contribution in [0, 0.1) is 5.92 Å². The van der Waals surface area contributed by atoms with Gasteiger partial charge in [-0.15, -0.1) is 0 Å². The van der Waals surface area contributed by atoms with E-state index in [4.69, 9.17) is 5.73 Å². The number of hydrogen-bond acceptors (Lipinski definition) is 3. The molecular weight excluding hydrogens is 242 g/mol. The van der Waals surface area contributed by atoms with Crippen LogP contribution in [0.15, 0.2) is 6.20 Å². The van der Waals surface area contributed by atoms with Gasteiger partial charge in [-0.05, 0) is 12.8 Å². The fourth-order valence-electron chi connectivity index (χ4n) is 1.41. The highest BCUT2D eigenvalue weighted by atomic mass is 19.3. The monoisotopic (exact) mass is 260 g/mol. The first-order valence-electron chi connectivity index (χ1n) is 5.73. The molecule has 1 amide bonds. The largest absolute Gasteiger partial charge is 0.322 e. The van der Waals surface area contributed by atoms with Gasteiger partial charge in [-0.1, -0.05) is 13.8 Å². The number of carbonyl (C=O) groups is 1. The van der Waals surface area contributed by atoms with E-state index in [-0.39, 0.29) is 11.6 Å². The SMILES string of the molecule is CC(C)Cn1cc(NC(=O)[C@@H](C)N)c(C(F)F)n1. The minimum Gasteiger partial charge on any atom is -0.322 e. The maximum Gasteiger partial charge on any atom is 0.284 e. The van der Waals surface area contributed by atoms with Crippen molar-refractivity contribution >= 4 is 11.6 Å². The molecule has 0 saturated heterocycles. The average molecular weight is 260 g/mol. The lowest BCUT2D eigenvalue weighted by Crippen LogP contribution is -2.32. The standard InChI is InChI=1S/C11H18F2N4O/c1-6(2)4-17-5-8(9(16-17)10(12)13)15-11(18)7(3)14/h5-7,10H,4,14H2,1-3H3,(H,15,18)/t7-/m1/s1. The van der Waals surface area contributed by atoms with Gasteiger partial charge < -0.3 is 11.1 Å². The molecule has 1 rings (SSSR count). The third-order valence-corrected chi connectivity index (χ3v) is 2.22. The third kappa shape index (κ3) is 3.76. The molecule has 0 bridgehead atoms. The van der Waals surface area contributed by atoms with Crippen molar-refractivity contribution in [2.75, 3.05) is 5.32 Å². The Hall–Kier alpha value is -1.50. The van der Waals surface area contributed by atoms with Crippen LogP contribution in [0.1, 0.15) is 32.9 Å². The van der Waals surface area contributed by atoms with Crippen molar-refractivity contribution in [3.63, 3.8) is 0 Å². The van der Waals surface area contributed by atoms with Crippen LogP contribution in [0.4, 0.5) is 14.5 Å². The number of rotatable bonds is 5. The van der Waals surface area contributed by atoms with E-state index in [2.05, 4.69) is 10.4 Å². The highest BCUT2D eigenvalue weighted by molar-refractivity contribution is 5.94.